The van der Waals surface area contributed by atoms with Gasteiger partial charge in [0.25, 0.3) is 0 Å². The molecule has 0 radical (unpaired) electrons. The number of halogens is 1. The number of rotatable bonds is 7. The molecule has 1 atom stereocenters. The third-order valence-corrected chi connectivity index (χ3v) is 6.18. The Morgan fingerprint density at radius 2 is 1.63 bits per heavy atom. The number of benzene rings is 2. The summed E-state index contributed by atoms with van der Waals surface area (Å²) in [5.74, 6) is 5.33. The van der Waals surface area contributed by atoms with Crippen molar-refractivity contribution in [3.63, 3.8) is 0 Å². The van der Waals surface area contributed by atoms with Crippen LogP contribution < -0.4 is 14.8 Å². The first-order chi connectivity index (χ1) is 13.0. The maximum Gasteiger partial charge on any atom is 0.127 e. The van der Waals surface area contributed by atoms with Gasteiger partial charge in [-0.25, -0.2) is 4.39 Å². The molecule has 27 heavy (non-hydrogen) atoms. The highest BCUT2D eigenvalue weighted by atomic mass is 32.2. The molecule has 6 heteroatoms. The van der Waals surface area contributed by atoms with E-state index in [0.29, 0.717) is 24.7 Å². The number of likely N-dealkylation sites (N-methyl/N-ethyl adjacent to an activating group) is 1. The molecule has 0 amide bonds. The summed E-state index contributed by atoms with van der Waals surface area (Å²) in [7, 11) is 1.48. The van der Waals surface area contributed by atoms with E-state index in [0.717, 1.165) is 23.4 Å². The highest BCUT2D eigenvalue weighted by Crippen LogP contribution is 2.34. The van der Waals surface area contributed by atoms with Crippen molar-refractivity contribution >= 4 is 16.5 Å². The Labute approximate surface area is 162 Å². The van der Waals surface area contributed by atoms with Crippen molar-refractivity contribution in [2.24, 2.45) is 0 Å². The van der Waals surface area contributed by atoms with Crippen molar-refractivity contribution in [2.45, 2.75) is 23.3 Å². The lowest BCUT2D eigenvalue weighted by Crippen LogP contribution is -2.51. The van der Waals surface area contributed by atoms with Crippen LogP contribution in [0.3, 0.4) is 0 Å². The lowest BCUT2D eigenvalue weighted by Gasteiger charge is -2.40. The van der Waals surface area contributed by atoms with E-state index in [2.05, 4.69) is 22.5 Å². The maximum absolute atomic E-state index is 13.0. The largest absolute Gasteiger partial charge is 0.457 e. The fraction of sp³-hybridized carbons (Fsp3) is 0.286. The molecule has 144 valence electrons. The summed E-state index contributed by atoms with van der Waals surface area (Å²) in [6.07, 6.45) is 1.72. The van der Waals surface area contributed by atoms with Gasteiger partial charge in [0, 0.05) is 30.9 Å². The van der Waals surface area contributed by atoms with E-state index in [1.807, 2.05) is 31.3 Å². The van der Waals surface area contributed by atoms with Crippen LogP contribution >= 0.6 is 10.7 Å². The molecule has 0 aliphatic carbocycles. The summed E-state index contributed by atoms with van der Waals surface area (Å²) in [5.41, 5.74) is 0.740. The quantitative estimate of drug-likeness (QED) is 0.687. The van der Waals surface area contributed by atoms with Gasteiger partial charge in [-0.1, -0.05) is 23.1 Å². The summed E-state index contributed by atoms with van der Waals surface area (Å²) in [6.45, 7) is 5.59. The van der Waals surface area contributed by atoms with Crippen molar-refractivity contribution in [3.05, 3.63) is 66.6 Å². The molecule has 2 aromatic carbocycles. The molecule has 1 saturated heterocycles. The molecular weight excluding hydrogens is 363 g/mol. The average molecular weight is 389 g/mol. The number of nitrogens with one attached hydrogen (secondary N) is 2. The highest BCUT2D eigenvalue weighted by molar-refractivity contribution is 8.12. The minimum absolute atomic E-state index is 0.221. The molecule has 0 spiro atoms. The van der Waals surface area contributed by atoms with Crippen LogP contribution in [-0.4, -0.2) is 31.7 Å². The third kappa shape index (κ3) is 4.77. The monoisotopic (exact) mass is 388 g/mol. The zero-order valence-electron chi connectivity index (χ0n) is 15.5. The molecule has 2 N–H and O–H groups in total. The van der Waals surface area contributed by atoms with Crippen molar-refractivity contribution in [3.8, 4) is 11.5 Å². The van der Waals surface area contributed by atoms with Gasteiger partial charge in [0.1, 0.15) is 17.3 Å². The number of ether oxygens (including phenoxy) is 2. The van der Waals surface area contributed by atoms with E-state index in [-0.39, 0.29) is 11.4 Å². The molecule has 4 nitrogen and oxygen atoms in total. The molecule has 2 aromatic rings. The highest BCUT2D eigenvalue weighted by Gasteiger charge is 2.35. The lowest BCUT2D eigenvalue weighted by atomic mass is 9.88. The smallest absolute Gasteiger partial charge is 0.127 e. The van der Waals surface area contributed by atoms with Gasteiger partial charge in [0.05, 0.1) is 5.54 Å². The van der Waals surface area contributed by atoms with Gasteiger partial charge in [0.2, 0.25) is 0 Å². The molecule has 1 heterocycles. The van der Waals surface area contributed by atoms with Gasteiger partial charge in [0.15, 0.2) is 0 Å². The van der Waals surface area contributed by atoms with Crippen LogP contribution in [0.5, 0.6) is 11.5 Å². The first-order valence-electron chi connectivity index (χ1n) is 8.82. The minimum atomic E-state index is -0.412. The predicted molar refractivity (Wildman–Crippen MR) is 110 cm³/mol. The molecule has 1 aliphatic rings. The fourth-order valence-corrected chi connectivity index (χ4v) is 4.41. The van der Waals surface area contributed by atoms with Crippen LogP contribution in [0.25, 0.3) is 0 Å². The molecule has 3 rings (SSSR count). The van der Waals surface area contributed by atoms with E-state index in [9.17, 15) is 4.39 Å². The molecule has 1 fully saturated rings. The summed E-state index contributed by atoms with van der Waals surface area (Å²) in [6, 6.07) is 13.8. The Morgan fingerprint density at radius 1 is 1.07 bits per heavy atom. The fourth-order valence-electron chi connectivity index (χ4n) is 3.03. The van der Waals surface area contributed by atoms with Gasteiger partial charge in [-0.3, -0.25) is 4.72 Å². The molecule has 0 saturated carbocycles. The maximum atomic E-state index is 13.0. The average Bonchev–Trinajstić information content (AvgIpc) is 2.70. The number of hydrogen-bond donors (Lipinski definition) is 2. The zero-order chi connectivity index (χ0) is 19.3. The van der Waals surface area contributed by atoms with Gasteiger partial charge in [-0.2, -0.15) is 0 Å². The molecule has 0 bridgehead atoms. The topological polar surface area (TPSA) is 42.5 Å². The lowest BCUT2D eigenvalue weighted by molar-refractivity contribution is 0.0585. The van der Waals surface area contributed by atoms with Crippen LogP contribution in [0.2, 0.25) is 0 Å². The Morgan fingerprint density at radius 3 is 2.19 bits per heavy atom. The van der Waals surface area contributed by atoms with E-state index >= 15 is 0 Å². The summed E-state index contributed by atoms with van der Waals surface area (Å²) >= 11 is 0. The van der Waals surface area contributed by atoms with Gasteiger partial charge in [-0.05, 0) is 61.4 Å². The van der Waals surface area contributed by atoms with Crippen LogP contribution in [0.4, 0.5) is 4.39 Å². The predicted octanol–water partition coefficient (Wildman–Crippen LogP) is 4.46. The number of hydrogen-bond acceptors (Lipinski definition) is 4. The van der Waals surface area contributed by atoms with Gasteiger partial charge >= 0.3 is 0 Å². The van der Waals surface area contributed by atoms with E-state index in [1.54, 1.807) is 12.1 Å². The normalized spacial score (nSPS) is 17.1. The van der Waals surface area contributed by atoms with Crippen molar-refractivity contribution in [1.29, 1.82) is 0 Å². The molecule has 1 aliphatic heterocycles. The Hall–Kier alpha value is -2.15. The Balaban J connectivity index is 1.69. The second kappa shape index (κ2) is 8.69. The summed E-state index contributed by atoms with van der Waals surface area (Å²) in [4.78, 5) is 1.08. The second-order valence-corrected chi connectivity index (χ2v) is 7.90. The second-order valence-electron chi connectivity index (χ2n) is 6.44. The SMILES string of the molecule is C=C(NC)C1(NS(=C)c2ccc(Oc3ccc(F)cc3)cc2)CCOCC1. The summed E-state index contributed by atoms with van der Waals surface area (Å²) in [5, 5.41) is 3.19. The Bertz CT molecular complexity index is 800. The summed E-state index contributed by atoms with van der Waals surface area (Å²) < 4.78 is 27.9. The zero-order valence-corrected chi connectivity index (χ0v) is 16.3. The van der Waals surface area contributed by atoms with Crippen LogP contribution in [-0.2, 0) is 4.74 Å². The van der Waals surface area contributed by atoms with Crippen molar-refractivity contribution in [2.75, 3.05) is 20.3 Å². The van der Waals surface area contributed by atoms with E-state index in [4.69, 9.17) is 9.47 Å². The van der Waals surface area contributed by atoms with Crippen molar-refractivity contribution in [1.82, 2.24) is 10.0 Å². The van der Waals surface area contributed by atoms with Crippen LogP contribution in [0.1, 0.15) is 12.8 Å². The third-order valence-electron chi connectivity index (χ3n) is 4.70. The minimum Gasteiger partial charge on any atom is -0.457 e. The van der Waals surface area contributed by atoms with Crippen LogP contribution in [0, 0.1) is 5.82 Å². The first kappa shape index (κ1) is 19.6. The Kier molecular flexibility index (Phi) is 6.31. The van der Waals surface area contributed by atoms with E-state index in [1.165, 1.54) is 12.1 Å². The van der Waals surface area contributed by atoms with Crippen LogP contribution in [0.15, 0.2) is 65.7 Å². The van der Waals surface area contributed by atoms with E-state index < -0.39 is 10.7 Å². The molecular formula is C21H25FN2O2S. The molecule has 1 unspecified atom stereocenters. The standard InChI is InChI=1S/C21H25FN2O2S/c1-16(23-2)21(12-14-25-15-13-21)24-27(3)20-10-8-19(9-11-20)26-18-6-4-17(22)5-7-18/h4-11,23-24H,1,3,12-15H2,2H3. The van der Waals surface area contributed by atoms with Gasteiger partial charge < -0.3 is 14.8 Å². The first-order valence-corrected chi connectivity index (χ1v) is 10.2. The van der Waals surface area contributed by atoms with Gasteiger partial charge in [-0.15, -0.1) is 0 Å². The van der Waals surface area contributed by atoms with Crippen molar-refractivity contribution < 1.29 is 13.9 Å². The molecule has 0 aromatic heterocycles.